The van der Waals surface area contributed by atoms with Gasteiger partial charge in [-0.1, -0.05) is 201 Å². The van der Waals surface area contributed by atoms with Gasteiger partial charge in [-0.15, -0.1) is 0 Å². The maximum atomic E-state index is 13.2. The Morgan fingerprint density at radius 2 is 0.818 bits per heavy atom. The second-order valence-corrected chi connectivity index (χ2v) is 20.2. The topological polar surface area (TPSA) is 175 Å². The van der Waals surface area contributed by atoms with Crippen LogP contribution >= 0.6 is 0 Å². The highest BCUT2D eigenvalue weighted by molar-refractivity contribution is 5.74. The number of carboxylic acids is 1. The van der Waals surface area contributed by atoms with Gasteiger partial charge in [-0.05, 0) is 116 Å². The third kappa shape index (κ3) is 42.3. The normalized spacial score (nSPS) is 18.7. The molecular formula is C65H106O12. The SMILES string of the molecule is CC/C=C\C/C=C\C/C=C\CCCCCCCCCC(=O)OC1C(OCC(COC(=O)CCCCCCC/C=C\C/C=C\C/C=C\CC)OC(=O)CCCCCCC/C=C\C/C=C\CCCCC)OC(C(=O)O)C(O)C1O. The third-order valence-corrected chi connectivity index (χ3v) is 13.1. The van der Waals surface area contributed by atoms with Gasteiger partial charge in [-0.3, -0.25) is 14.4 Å². The molecule has 3 N–H and O–H groups in total. The van der Waals surface area contributed by atoms with Gasteiger partial charge in [0, 0.05) is 19.3 Å². The molecule has 6 unspecified atom stereocenters. The van der Waals surface area contributed by atoms with E-state index < -0.39 is 67.3 Å². The highest BCUT2D eigenvalue weighted by atomic mass is 16.7. The minimum atomic E-state index is -1.92. The Hall–Kier alpha value is -4.36. The first-order valence-electron chi connectivity index (χ1n) is 30.2. The molecule has 1 fully saturated rings. The van der Waals surface area contributed by atoms with Crippen molar-refractivity contribution in [2.75, 3.05) is 13.2 Å². The molecule has 12 heteroatoms. The van der Waals surface area contributed by atoms with Crippen LogP contribution in [0.2, 0.25) is 0 Å². The molecule has 77 heavy (non-hydrogen) atoms. The van der Waals surface area contributed by atoms with Crippen molar-refractivity contribution in [1.29, 1.82) is 0 Å². The first kappa shape index (κ1) is 70.7. The van der Waals surface area contributed by atoms with Gasteiger partial charge in [-0.2, -0.15) is 0 Å². The van der Waals surface area contributed by atoms with Crippen LogP contribution < -0.4 is 0 Å². The number of carbonyl (C=O) groups excluding carboxylic acids is 3. The Labute approximate surface area is 466 Å². The highest BCUT2D eigenvalue weighted by Crippen LogP contribution is 2.26. The van der Waals surface area contributed by atoms with Crippen molar-refractivity contribution in [3.63, 3.8) is 0 Å². The van der Waals surface area contributed by atoms with E-state index in [9.17, 15) is 34.5 Å². The van der Waals surface area contributed by atoms with Crippen LogP contribution in [-0.4, -0.2) is 89.2 Å². The van der Waals surface area contributed by atoms with Crippen LogP contribution in [-0.2, 0) is 42.9 Å². The van der Waals surface area contributed by atoms with Gasteiger partial charge in [0.1, 0.15) is 18.8 Å². The number of ether oxygens (including phenoxy) is 5. The predicted molar refractivity (Wildman–Crippen MR) is 312 cm³/mol. The number of rotatable bonds is 50. The largest absolute Gasteiger partial charge is 0.479 e. The van der Waals surface area contributed by atoms with E-state index in [4.69, 9.17) is 23.7 Å². The summed E-state index contributed by atoms with van der Waals surface area (Å²) >= 11 is 0. The molecule has 0 saturated carbocycles. The number of esters is 3. The van der Waals surface area contributed by atoms with Crippen LogP contribution in [0.1, 0.15) is 239 Å². The summed E-state index contributed by atoms with van der Waals surface area (Å²) in [5.41, 5.74) is 0. The number of allylic oxidation sites excluding steroid dienone is 16. The van der Waals surface area contributed by atoms with E-state index >= 15 is 0 Å². The molecule has 0 aromatic carbocycles. The molecule has 0 amide bonds. The molecule has 12 nitrogen and oxygen atoms in total. The lowest BCUT2D eigenvalue weighted by Crippen LogP contribution is -2.61. The number of aliphatic hydroxyl groups excluding tert-OH is 2. The van der Waals surface area contributed by atoms with Crippen LogP contribution in [0, 0.1) is 0 Å². The van der Waals surface area contributed by atoms with Gasteiger partial charge in [0.15, 0.2) is 24.6 Å². The first-order valence-corrected chi connectivity index (χ1v) is 30.2. The predicted octanol–water partition coefficient (Wildman–Crippen LogP) is 15.7. The minimum absolute atomic E-state index is 0.0417. The summed E-state index contributed by atoms with van der Waals surface area (Å²) in [5, 5.41) is 31.5. The number of hydrogen-bond acceptors (Lipinski definition) is 11. The summed E-state index contributed by atoms with van der Waals surface area (Å²) in [6, 6.07) is 0. The zero-order chi connectivity index (χ0) is 56.1. The number of aliphatic hydroxyl groups is 2. The monoisotopic (exact) mass is 1080 g/mol. The second kappa shape index (κ2) is 52.3. The van der Waals surface area contributed by atoms with Crippen LogP contribution in [0.4, 0.5) is 0 Å². The van der Waals surface area contributed by atoms with Crippen LogP contribution in [0.3, 0.4) is 0 Å². The molecule has 1 aliphatic rings. The van der Waals surface area contributed by atoms with Gasteiger partial charge in [-0.25, -0.2) is 4.79 Å². The summed E-state index contributed by atoms with van der Waals surface area (Å²) in [4.78, 5) is 51.2. The fourth-order valence-corrected chi connectivity index (χ4v) is 8.54. The number of carbonyl (C=O) groups is 4. The zero-order valence-corrected chi connectivity index (χ0v) is 48.2. The third-order valence-electron chi connectivity index (χ3n) is 13.1. The maximum Gasteiger partial charge on any atom is 0.335 e. The van der Waals surface area contributed by atoms with Crippen molar-refractivity contribution in [2.24, 2.45) is 0 Å². The van der Waals surface area contributed by atoms with Gasteiger partial charge in [0.25, 0.3) is 0 Å². The van der Waals surface area contributed by atoms with Crippen molar-refractivity contribution in [3.05, 3.63) is 97.2 Å². The van der Waals surface area contributed by atoms with Crippen molar-refractivity contribution in [1.82, 2.24) is 0 Å². The summed E-state index contributed by atoms with van der Waals surface area (Å²) in [5.74, 6) is -3.18. The van der Waals surface area contributed by atoms with E-state index in [2.05, 4.69) is 118 Å². The molecule has 0 aliphatic carbocycles. The van der Waals surface area contributed by atoms with Crippen LogP contribution in [0.5, 0.6) is 0 Å². The molecule has 0 radical (unpaired) electrons. The van der Waals surface area contributed by atoms with Crippen molar-refractivity contribution in [2.45, 2.75) is 276 Å². The highest BCUT2D eigenvalue weighted by Gasteiger charge is 2.50. The van der Waals surface area contributed by atoms with Crippen molar-refractivity contribution >= 4 is 23.9 Å². The summed E-state index contributed by atoms with van der Waals surface area (Å²) in [7, 11) is 0. The Kier molecular flexibility index (Phi) is 48.0. The number of unbranched alkanes of at least 4 members (excludes halogenated alkanes) is 20. The molecule has 0 spiro atoms. The summed E-state index contributed by atoms with van der Waals surface area (Å²) < 4.78 is 28.4. The Morgan fingerprint density at radius 3 is 1.25 bits per heavy atom. The number of hydrogen-bond donors (Lipinski definition) is 3. The zero-order valence-electron chi connectivity index (χ0n) is 48.2. The molecule has 6 atom stereocenters. The van der Waals surface area contributed by atoms with Crippen molar-refractivity contribution < 1.29 is 58.2 Å². The van der Waals surface area contributed by atoms with E-state index in [-0.39, 0.29) is 25.9 Å². The molecule has 0 bridgehead atoms. The lowest BCUT2D eigenvalue weighted by Gasteiger charge is -2.40. The van der Waals surface area contributed by atoms with E-state index in [1.165, 1.54) is 19.3 Å². The lowest BCUT2D eigenvalue weighted by atomic mass is 9.98. The summed E-state index contributed by atoms with van der Waals surface area (Å²) in [6.07, 6.45) is 56.5. The van der Waals surface area contributed by atoms with E-state index in [0.29, 0.717) is 19.3 Å². The van der Waals surface area contributed by atoms with Crippen LogP contribution in [0.15, 0.2) is 97.2 Å². The van der Waals surface area contributed by atoms with Gasteiger partial charge in [0.2, 0.25) is 0 Å². The minimum Gasteiger partial charge on any atom is -0.479 e. The van der Waals surface area contributed by atoms with E-state index in [1.54, 1.807) is 0 Å². The molecule has 1 rings (SSSR count). The van der Waals surface area contributed by atoms with Crippen molar-refractivity contribution in [3.8, 4) is 0 Å². The quantitative estimate of drug-likeness (QED) is 0.0228. The van der Waals surface area contributed by atoms with Gasteiger partial charge < -0.3 is 39.0 Å². The molecule has 1 saturated heterocycles. The average molecular weight is 1080 g/mol. The smallest absolute Gasteiger partial charge is 0.335 e. The van der Waals surface area contributed by atoms with Crippen LogP contribution in [0.25, 0.3) is 0 Å². The second-order valence-electron chi connectivity index (χ2n) is 20.2. The Bertz CT molecular complexity index is 1710. The lowest BCUT2D eigenvalue weighted by molar-refractivity contribution is -0.301. The maximum absolute atomic E-state index is 13.2. The van der Waals surface area contributed by atoms with E-state index in [1.807, 2.05) is 0 Å². The van der Waals surface area contributed by atoms with Gasteiger partial charge in [0.05, 0.1) is 6.61 Å². The molecular weight excluding hydrogens is 973 g/mol. The first-order chi connectivity index (χ1) is 37.6. The molecule has 0 aromatic rings. The molecule has 0 aromatic heterocycles. The molecule has 1 heterocycles. The summed E-state index contributed by atoms with van der Waals surface area (Å²) in [6.45, 7) is 5.72. The van der Waals surface area contributed by atoms with Gasteiger partial charge >= 0.3 is 23.9 Å². The fraction of sp³-hybridized carbons (Fsp3) is 0.692. The standard InChI is InChI=1S/C65H106O12/c1-4-7-10-13-16-19-22-25-28-29-32-35-38-41-44-47-50-53-59(68)76-63-61(70)60(69)62(64(71)72)77-65(63)74-55-56(75-58(67)52-49-46-43-40-37-34-31-27-24-21-18-15-12-9-6-3)54-73-57(66)51-48-45-42-39-36-33-30-26-23-20-17-14-11-8-5-2/h7-8,10-11,16-21,25-28,30-31,56,60-63,65,69-70H,4-6,9,12-15,22-24,29,32-55H2,1-3H3,(H,71,72)/b10-7-,11-8-,19-16-,20-17-,21-18-,28-25-,30-26-,31-27-. The fourth-order valence-electron chi connectivity index (χ4n) is 8.54. The number of carboxylic acid groups (broad SMARTS) is 1. The number of aliphatic carboxylic acids is 1. The molecule has 438 valence electrons. The Balaban J connectivity index is 2.71. The van der Waals surface area contributed by atoms with E-state index in [0.717, 1.165) is 161 Å². The Morgan fingerprint density at radius 1 is 0.442 bits per heavy atom. The average Bonchev–Trinajstić information content (AvgIpc) is 3.43. The molecule has 1 aliphatic heterocycles.